The van der Waals surface area contributed by atoms with Gasteiger partial charge in [0.25, 0.3) is 0 Å². The quantitative estimate of drug-likeness (QED) is 0.571. The summed E-state index contributed by atoms with van der Waals surface area (Å²) in [4.78, 5) is 10.4. The second kappa shape index (κ2) is 5.84. The van der Waals surface area contributed by atoms with E-state index in [0.29, 0.717) is 18.7 Å². The van der Waals surface area contributed by atoms with Crippen molar-refractivity contribution in [2.24, 2.45) is 0 Å². The highest BCUT2D eigenvalue weighted by atomic mass is 35.5. The van der Waals surface area contributed by atoms with Crippen molar-refractivity contribution in [2.75, 3.05) is 0 Å². The Morgan fingerprint density at radius 3 is 2.62 bits per heavy atom. The van der Waals surface area contributed by atoms with Gasteiger partial charge in [-0.05, 0) is 12.8 Å². The highest BCUT2D eigenvalue weighted by molar-refractivity contribution is 6.31. The van der Waals surface area contributed by atoms with Gasteiger partial charge in [0.15, 0.2) is 0 Å². The number of nitro groups is 1. The van der Waals surface area contributed by atoms with E-state index in [-0.39, 0.29) is 10.8 Å². The van der Waals surface area contributed by atoms with E-state index in [9.17, 15) is 10.1 Å². The summed E-state index contributed by atoms with van der Waals surface area (Å²) in [5, 5.41) is 15.2. The molecule has 16 heavy (non-hydrogen) atoms. The molecule has 6 heteroatoms. The Morgan fingerprint density at radius 1 is 1.44 bits per heavy atom. The zero-order chi connectivity index (χ0) is 12.1. The molecular weight excluding hydrogens is 230 g/mol. The van der Waals surface area contributed by atoms with Gasteiger partial charge in [-0.25, -0.2) is 4.68 Å². The van der Waals surface area contributed by atoms with Crippen LogP contribution >= 0.6 is 11.6 Å². The van der Waals surface area contributed by atoms with Crippen LogP contribution in [0.15, 0.2) is 0 Å². The van der Waals surface area contributed by atoms with E-state index in [1.54, 1.807) is 0 Å². The molecule has 0 fully saturated rings. The second-order valence-electron chi connectivity index (χ2n) is 3.67. The second-order valence-corrected chi connectivity index (χ2v) is 4.03. The Labute approximate surface area is 99.5 Å². The lowest BCUT2D eigenvalue weighted by molar-refractivity contribution is -0.385. The summed E-state index contributed by atoms with van der Waals surface area (Å²) in [5.41, 5.74) is 0.466. The minimum Gasteiger partial charge on any atom is -0.258 e. The van der Waals surface area contributed by atoms with Gasteiger partial charge in [-0.3, -0.25) is 10.1 Å². The number of aryl methyl sites for hydroxylation is 2. The molecule has 0 spiro atoms. The fourth-order valence-corrected chi connectivity index (χ4v) is 1.82. The van der Waals surface area contributed by atoms with E-state index >= 15 is 0 Å². The Kier molecular flexibility index (Phi) is 4.73. The van der Waals surface area contributed by atoms with Crippen molar-refractivity contribution in [3.63, 3.8) is 0 Å². The van der Waals surface area contributed by atoms with E-state index in [4.69, 9.17) is 11.6 Å². The molecule has 0 N–H and O–H groups in total. The predicted molar refractivity (Wildman–Crippen MR) is 62.8 cm³/mol. The van der Waals surface area contributed by atoms with Crippen molar-refractivity contribution in [1.29, 1.82) is 0 Å². The molecule has 1 rings (SSSR count). The van der Waals surface area contributed by atoms with Gasteiger partial charge in [0.1, 0.15) is 5.69 Å². The lowest BCUT2D eigenvalue weighted by atomic mass is 10.2. The number of hydrogen-bond acceptors (Lipinski definition) is 3. The number of nitrogens with zero attached hydrogens (tertiary/aromatic N) is 3. The Morgan fingerprint density at radius 2 is 2.12 bits per heavy atom. The molecule has 0 aliphatic heterocycles. The van der Waals surface area contributed by atoms with Crippen LogP contribution in [0.1, 0.15) is 38.8 Å². The molecule has 1 heterocycles. The molecule has 0 saturated heterocycles. The fraction of sp³-hybridized carbons (Fsp3) is 0.700. The van der Waals surface area contributed by atoms with E-state index in [0.717, 1.165) is 19.3 Å². The Hall–Kier alpha value is -1.10. The number of aromatic nitrogens is 2. The van der Waals surface area contributed by atoms with Crippen LogP contribution in [0.5, 0.6) is 0 Å². The normalized spacial score (nSPS) is 10.7. The van der Waals surface area contributed by atoms with Crippen LogP contribution in [0, 0.1) is 10.1 Å². The van der Waals surface area contributed by atoms with Crippen LogP contribution in [0.2, 0.25) is 5.15 Å². The molecule has 0 amide bonds. The molecule has 0 saturated carbocycles. The predicted octanol–water partition coefficient (Wildman–Crippen LogP) is 3.20. The molecule has 1 aromatic rings. The standard InChI is InChI=1S/C10H16ClN3O2/c1-3-5-7-13-10(11)9(14(15)16)8(12-13)6-4-2/h3-7H2,1-2H3. The minimum absolute atomic E-state index is 0.0281. The Balaban J connectivity index is 3.03. The fourth-order valence-electron chi connectivity index (χ4n) is 1.52. The summed E-state index contributed by atoms with van der Waals surface area (Å²) in [5.74, 6) is 0. The lowest BCUT2D eigenvalue weighted by Crippen LogP contribution is -2.00. The van der Waals surface area contributed by atoms with Gasteiger partial charge < -0.3 is 0 Å². The molecule has 0 radical (unpaired) electrons. The summed E-state index contributed by atoms with van der Waals surface area (Å²) in [7, 11) is 0. The van der Waals surface area contributed by atoms with Gasteiger partial charge in [-0.2, -0.15) is 5.10 Å². The van der Waals surface area contributed by atoms with Crippen molar-refractivity contribution >= 4 is 17.3 Å². The van der Waals surface area contributed by atoms with Crippen molar-refractivity contribution in [2.45, 2.75) is 46.1 Å². The largest absolute Gasteiger partial charge is 0.329 e. The molecule has 0 atom stereocenters. The molecule has 0 unspecified atom stereocenters. The first-order valence-electron chi connectivity index (χ1n) is 5.51. The molecule has 0 aromatic carbocycles. The van der Waals surface area contributed by atoms with E-state index in [2.05, 4.69) is 12.0 Å². The molecule has 0 aliphatic rings. The van der Waals surface area contributed by atoms with Crippen LogP contribution in [0.3, 0.4) is 0 Å². The number of halogens is 1. The van der Waals surface area contributed by atoms with E-state index < -0.39 is 4.92 Å². The highest BCUT2D eigenvalue weighted by Crippen LogP contribution is 2.29. The van der Waals surface area contributed by atoms with Gasteiger partial charge >= 0.3 is 5.69 Å². The van der Waals surface area contributed by atoms with E-state index in [1.165, 1.54) is 4.68 Å². The van der Waals surface area contributed by atoms with Crippen LogP contribution in [-0.4, -0.2) is 14.7 Å². The molecular formula is C10H16ClN3O2. The van der Waals surface area contributed by atoms with Gasteiger partial charge in [-0.15, -0.1) is 0 Å². The van der Waals surface area contributed by atoms with Crippen LogP contribution in [0.25, 0.3) is 0 Å². The number of hydrogen-bond donors (Lipinski definition) is 0. The first-order chi connectivity index (χ1) is 7.61. The number of unbranched alkanes of at least 4 members (excludes halogenated alkanes) is 1. The first-order valence-corrected chi connectivity index (χ1v) is 5.89. The maximum atomic E-state index is 10.9. The summed E-state index contributed by atoms with van der Waals surface area (Å²) >= 11 is 5.95. The zero-order valence-corrected chi connectivity index (χ0v) is 10.3. The summed E-state index contributed by atoms with van der Waals surface area (Å²) in [6.45, 7) is 4.65. The van der Waals surface area contributed by atoms with Crippen LogP contribution in [-0.2, 0) is 13.0 Å². The van der Waals surface area contributed by atoms with E-state index in [1.807, 2.05) is 6.92 Å². The topological polar surface area (TPSA) is 61.0 Å². The van der Waals surface area contributed by atoms with Crippen molar-refractivity contribution in [3.8, 4) is 0 Å². The minimum atomic E-state index is -0.442. The summed E-state index contributed by atoms with van der Waals surface area (Å²) in [6, 6.07) is 0. The molecule has 90 valence electrons. The van der Waals surface area contributed by atoms with Crippen LogP contribution < -0.4 is 0 Å². The molecule has 0 bridgehead atoms. The molecule has 1 aromatic heterocycles. The monoisotopic (exact) mass is 245 g/mol. The average molecular weight is 246 g/mol. The highest BCUT2D eigenvalue weighted by Gasteiger charge is 2.25. The third kappa shape index (κ3) is 2.72. The molecule has 5 nitrogen and oxygen atoms in total. The van der Waals surface area contributed by atoms with Gasteiger partial charge in [0, 0.05) is 6.54 Å². The van der Waals surface area contributed by atoms with Crippen molar-refractivity contribution < 1.29 is 4.92 Å². The van der Waals surface area contributed by atoms with Crippen LogP contribution in [0.4, 0.5) is 5.69 Å². The van der Waals surface area contributed by atoms with Gasteiger partial charge in [-0.1, -0.05) is 38.3 Å². The summed E-state index contributed by atoms with van der Waals surface area (Å²) < 4.78 is 1.54. The zero-order valence-electron chi connectivity index (χ0n) is 9.57. The third-order valence-electron chi connectivity index (χ3n) is 2.33. The summed E-state index contributed by atoms with van der Waals surface area (Å²) in [6.07, 6.45) is 3.34. The Bertz CT molecular complexity index is 376. The third-order valence-corrected chi connectivity index (χ3v) is 2.70. The van der Waals surface area contributed by atoms with Crippen molar-refractivity contribution in [1.82, 2.24) is 9.78 Å². The smallest absolute Gasteiger partial charge is 0.258 e. The van der Waals surface area contributed by atoms with Crippen molar-refractivity contribution in [3.05, 3.63) is 21.0 Å². The maximum Gasteiger partial charge on any atom is 0.329 e. The molecule has 0 aliphatic carbocycles. The lowest BCUT2D eigenvalue weighted by Gasteiger charge is -1.99. The SMILES string of the molecule is CCCCn1nc(CCC)c([N+](=O)[O-])c1Cl. The maximum absolute atomic E-state index is 10.9. The average Bonchev–Trinajstić information content (AvgIpc) is 2.53. The number of rotatable bonds is 6. The first kappa shape index (κ1) is 13.0. The van der Waals surface area contributed by atoms with Gasteiger partial charge in [0.2, 0.25) is 5.15 Å². The van der Waals surface area contributed by atoms with Gasteiger partial charge in [0.05, 0.1) is 4.92 Å².